The molecule has 0 saturated carbocycles. The molecule has 0 aliphatic heterocycles. The zero-order valence-corrected chi connectivity index (χ0v) is 12.4. The molecule has 0 spiro atoms. The van der Waals surface area contributed by atoms with E-state index in [-0.39, 0.29) is 5.91 Å². The average molecular weight is 312 g/mol. The van der Waals surface area contributed by atoms with Crippen molar-refractivity contribution in [3.05, 3.63) is 77.5 Å². The number of benzene rings is 2. The highest BCUT2D eigenvalue weighted by Gasteiger charge is 2.06. The first-order valence-electron chi connectivity index (χ1n) is 6.72. The molecule has 1 aromatic heterocycles. The molecule has 0 aliphatic rings. The van der Waals surface area contributed by atoms with Gasteiger partial charge in [0.1, 0.15) is 0 Å². The van der Waals surface area contributed by atoms with Gasteiger partial charge in [-0.15, -0.1) is 0 Å². The second-order valence-electron chi connectivity index (χ2n) is 4.84. The van der Waals surface area contributed by atoms with Gasteiger partial charge in [0.25, 0.3) is 5.91 Å². The number of aromatic amines is 1. The number of amides is 1. The first kappa shape index (κ1) is 14.2. The van der Waals surface area contributed by atoms with Gasteiger partial charge in [0, 0.05) is 27.9 Å². The molecule has 1 amide bonds. The second kappa shape index (κ2) is 5.95. The summed E-state index contributed by atoms with van der Waals surface area (Å²) < 4.78 is 0. The Hall–Kier alpha value is -2.72. The Labute approximate surface area is 132 Å². The van der Waals surface area contributed by atoms with Crippen molar-refractivity contribution in [1.82, 2.24) is 15.8 Å². The molecule has 5 heteroatoms. The number of halogens is 1. The van der Waals surface area contributed by atoms with Crippen molar-refractivity contribution >= 4 is 34.1 Å². The number of H-pyrrole nitrogens is 1. The van der Waals surface area contributed by atoms with E-state index in [9.17, 15) is 4.79 Å². The Kier molecular flexibility index (Phi) is 3.85. The predicted octanol–water partition coefficient (Wildman–Crippen LogP) is 3.73. The van der Waals surface area contributed by atoms with Gasteiger partial charge in [-0.05, 0) is 41.8 Å². The maximum absolute atomic E-state index is 12.0. The Bertz CT molecular complexity index is 836. The van der Waals surface area contributed by atoms with Crippen LogP contribution in [0.15, 0.2) is 61.3 Å². The van der Waals surface area contributed by atoms with E-state index in [1.54, 1.807) is 24.3 Å². The van der Waals surface area contributed by atoms with Crippen molar-refractivity contribution in [2.75, 3.05) is 0 Å². The highest BCUT2D eigenvalue weighted by molar-refractivity contribution is 6.30. The van der Waals surface area contributed by atoms with Crippen LogP contribution in [0.5, 0.6) is 0 Å². The van der Waals surface area contributed by atoms with Crippen molar-refractivity contribution in [3.8, 4) is 0 Å². The lowest BCUT2D eigenvalue weighted by atomic mass is 10.1. The molecule has 3 rings (SSSR count). The summed E-state index contributed by atoms with van der Waals surface area (Å²) in [7, 11) is 0. The molecule has 2 aromatic carbocycles. The molecule has 3 aromatic rings. The molecule has 0 saturated heterocycles. The van der Waals surface area contributed by atoms with Gasteiger partial charge in [0.15, 0.2) is 0 Å². The van der Waals surface area contributed by atoms with Crippen LogP contribution >= 0.6 is 11.6 Å². The number of carbonyl (C=O) groups is 1. The van der Waals surface area contributed by atoms with Gasteiger partial charge >= 0.3 is 0 Å². The van der Waals surface area contributed by atoms with Crippen LogP contribution in [-0.4, -0.2) is 10.9 Å². The maximum Gasteiger partial charge on any atom is 0.269 e. The summed E-state index contributed by atoms with van der Waals surface area (Å²) in [6.07, 6.45) is 1.88. The fourth-order valence-corrected chi connectivity index (χ4v) is 2.24. The number of hydrogen-bond donors (Lipinski definition) is 3. The molecule has 110 valence electrons. The Morgan fingerprint density at radius 3 is 2.50 bits per heavy atom. The number of nitrogens with one attached hydrogen (secondary N) is 3. The maximum atomic E-state index is 12.0. The predicted molar refractivity (Wildman–Crippen MR) is 89.4 cm³/mol. The highest BCUT2D eigenvalue weighted by atomic mass is 35.5. The molecule has 22 heavy (non-hydrogen) atoms. The highest BCUT2D eigenvalue weighted by Crippen LogP contribution is 2.17. The van der Waals surface area contributed by atoms with Gasteiger partial charge in [-0.3, -0.25) is 15.6 Å². The number of fused-ring (bicyclic) bond motifs is 1. The molecule has 0 unspecified atom stereocenters. The first-order valence-corrected chi connectivity index (χ1v) is 7.09. The summed E-state index contributed by atoms with van der Waals surface area (Å²) in [6, 6.07) is 14.6. The topological polar surface area (TPSA) is 56.9 Å². The van der Waals surface area contributed by atoms with Gasteiger partial charge in [-0.2, -0.15) is 0 Å². The largest absolute Gasteiger partial charge is 0.361 e. The summed E-state index contributed by atoms with van der Waals surface area (Å²) >= 11 is 5.80. The molecule has 0 atom stereocenters. The van der Waals surface area contributed by atoms with Crippen molar-refractivity contribution in [1.29, 1.82) is 0 Å². The van der Waals surface area contributed by atoms with Crippen LogP contribution in [0.3, 0.4) is 0 Å². The first-order chi connectivity index (χ1) is 10.6. The molecule has 0 fully saturated rings. The molecule has 4 nitrogen and oxygen atoms in total. The summed E-state index contributed by atoms with van der Waals surface area (Å²) in [5.41, 5.74) is 8.49. The van der Waals surface area contributed by atoms with E-state index < -0.39 is 0 Å². The fraction of sp³-hybridized carbons (Fsp3) is 0. The van der Waals surface area contributed by atoms with E-state index in [1.807, 2.05) is 30.5 Å². The van der Waals surface area contributed by atoms with Crippen molar-refractivity contribution in [3.63, 3.8) is 0 Å². The lowest BCUT2D eigenvalue weighted by molar-refractivity contribution is 0.0942. The third kappa shape index (κ3) is 2.97. The lowest BCUT2D eigenvalue weighted by Gasteiger charge is -2.11. The minimum absolute atomic E-state index is 0.251. The van der Waals surface area contributed by atoms with E-state index in [1.165, 1.54) is 0 Å². The van der Waals surface area contributed by atoms with Crippen molar-refractivity contribution in [2.45, 2.75) is 0 Å². The number of hydrogen-bond acceptors (Lipinski definition) is 2. The number of hydrazine groups is 1. The van der Waals surface area contributed by atoms with Crippen molar-refractivity contribution < 1.29 is 4.79 Å². The van der Waals surface area contributed by atoms with Gasteiger partial charge in [-0.25, -0.2) is 0 Å². The number of rotatable bonds is 4. The zero-order valence-electron chi connectivity index (χ0n) is 11.7. The van der Waals surface area contributed by atoms with Crippen LogP contribution in [0, 0.1) is 0 Å². The van der Waals surface area contributed by atoms with Crippen molar-refractivity contribution in [2.24, 2.45) is 0 Å². The van der Waals surface area contributed by atoms with E-state index in [2.05, 4.69) is 22.4 Å². The van der Waals surface area contributed by atoms with E-state index >= 15 is 0 Å². The number of aromatic nitrogens is 1. The van der Waals surface area contributed by atoms with Gasteiger partial charge in [0.2, 0.25) is 0 Å². The normalized spacial score (nSPS) is 10.4. The quantitative estimate of drug-likeness (QED) is 0.643. The molecular weight excluding hydrogens is 298 g/mol. The third-order valence-electron chi connectivity index (χ3n) is 3.34. The Morgan fingerprint density at radius 2 is 1.73 bits per heavy atom. The summed E-state index contributed by atoms with van der Waals surface area (Å²) in [5, 5.41) is 1.72. The Balaban J connectivity index is 1.66. The monoisotopic (exact) mass is 311 g/mol. The standard InChI is InChI=1S/C17H14ClN3O/c1-11(14-3-2-12-8-9-19-16(12)10-14)20-21-17(22)13-4-6-15(18)7-5-13/h2-10,19-20H,1H2,(H,21,22). The van der Waals surface area contributed by atoms with Gasteiger partial charge in [0.05, 0.1) is 5.70 Å². The molecule has 1 heterocycles. The Morgan fingerprint density at radius 1 is 1.00 bits per heavy atom. The van der Waals surface area contributed by atoms with Gasteiger partial charge in [-0.1, -0.05) is 30.3 Å². The van der Waals surface area contributed by atoms with Gasteiger partial charge < -0.3 is 4.98 Å². The minimum Gasteiger partial charge on any atom is -0.361 e. The van der Waals surface area contributed by atoms with E-state index in [0.717, 1.165) is 16.5 Å². The van der Waals surface area contributed by atoms with Crippen LogP contribution < -0.4 is 10.9 Å². The average Bonchev–Trinajstić information content (AvgIpc) is 3.00. The van der Waals surface area contributed by atoms with Crippen LogP contribution in [0.1, 0.15) is 15.9 Å². The van der Waals surface area contributed by atoms with Crippen LogP contribution in [0.25, 0.3) is 16.6 Å². The fourth-order valence-electron chi connectivity index (χ4n) is 2.11. The summed E-state index contributed by atoms with van der Waals surface area (Å²) in [5.74, 6) is -0.251. The molecule has 0 radical (unpaired) electrons. The minimum atomic E-state index is -0.251. The van der Waals surface area contributed by atoms with Crippen LogP contribution in [0.4, 0.5) is 0 Å². The smallest absolute Gasteiger partial charge is 0.269 e. The molecule has 0 aliphatic carbocycles. The summed E-state index contributed by atoms with van der Waals surface area (Å²) in [4.78, 5) is 15.1. The lowest BCUT2D eigenvalue weighted by Crippen LogP contribution is -2.35. The van der Waals surface area contributed by atoms with Crippen LogP contribution in [0.2, 0.25) is 5.02 Å². The zero-order chi connectivity index (χ0) is 15.5. The van der Waals surface area contributed by atoms with E-state index in [4.69, 9.17) is 11.6 Å². The van der Waals surface area contributed by atoms with Crippen LogP contribution in [-0.2, 0) is 0 Å². The summed E-state index contributed by atoms with van der Waals surface area (Å²) in [6.45, 7) is 3.94. The molecular formula is C17H14ClN3O. The SMILES string of the molecule is C=C(NNC(=O)c1ccc(Cl)cc1)c1ccc2cc[nH]c2c1. The third-order valence-corrected chi connectivity index (χ3v) is 3.59. The number of carbonyl (C=O) groups excluding carboxylic acids is 1. The molecule has 3 N–H and O–H groups in total. The molecule has 0 bridgehead atoms. The van der Waals surface area contributed by atoms with E-state index in [0.29, 0.717) is 16.3 Å². The second-order valence-corrected chi connectivity index (χ2v) is 5.28.